The van der Waals surface area contributed by atoms with E-state index in [-0.39, 0.29) is 0 Å². The molecule has 2 heteroatoms. The first-order valence-electron chi connectivity index (χ1n) is 5.65. The Morgan fingerprint density at radius 3 is 2.35 bits per heavy atom. The quantitative estimate of drug-likeness (QED) is 0.788. The van der Waals surface area contributed by atoms with Crippen molar-refractivity contribution in [1.29, 1.82) is 0 Å². The maximum Gasteiger partial charge on any atom is 0.0484 e. The van der Waals surface area contributed by atoms with Crippen LogP contribution in [0.25, 0.3) is 11.1 Å². The van der Waals surface area contributed by atoms with Gasteiger partial charge in [-0.1, -0.05) is 48.0 Å². The lowest BCUT2D eigenvalue weighted by Gasteiger charge is -2.12. The zero-order chi connectivity index (χ0) is 12.3. The number of nitrogens with zero attached hydrogens (tertiary/aromatic N) is 1. The first kappa shape index (κ1) is 12.2. The summed E-state index contributed by atoms with van der Waals surface area (Å²) >= 11 is 6.25. The molecule has 0 spiro atoms. The van der Waals surface area contributed by atoms with Crippen molar-refractivity contribution < 1.29 is 0 Å². The second kappa shape index (κ2) is 5.35. The fourth-order valence-electron chi connectivity index (χ4n) is 1.87. The second-order valence-corrected chi connectivity index (χ2v) is 4.83. The van der Waals surface area contributed by atoms with Crippen LogP contribution in [0.1, 0.15) is 5.56 Å². The molecule has 0 aliphatic heterocycles. The van der Waals surface area contributed by atoms with Crippen LogP contribution < -0.4 is 0 Å². The Kier molecular flexibility index (Phi) is 3.82. The smallest absolute Gasteiger partial charge is 0.0484 e. The highest BCUT2D eigenvalue weighted by Gasteiger charge is 2.05. The molecule has 0 atom stereocenters. The maximum atomic E-state index is 6.25. The van der Waals surface area contributed by atoms with Crippen LogP contribution in [0.2, 0.25) is 5.02 Å². The third kappa shape index (κ3) is 3.09. The number of rotatable bonds is 3. The number of hydrogen-bond donors (Lipinski definition) is 0. The maximum absolute atomic E-state index is 6.25. The SMILES string of the molecule is CN(C)Cc1ccc(Cl)c(-c2ccccc2)c1. The van der Waals surface area contributed by atoms with Crippen molar-refractivity contribution in [3.8, 4) is 11.1 Å². The summed E-state index contributed by atoms with van der Waals surface area (Å²) in [5.41, 5.74) is 3.54. The summed E-state index contributed by atoms with van der Waals surface area (Å²) in [6, 6.07) is 16.5. The number of hydrogen-bond acceptors (Lipinski definition) is 1. The molecule has 0 heterocycles. The number of benzene rings is 2. The minimum atomic E-state index is 0.804. The summed E-state index contributed by atoms with van der Waals surface area (Å²) in [6.45, 7) is 0.928. The van der Waals surface area contributed by atoms with Gasteiger partial charge in [-0.05, 0) is 37.4 Å². The molecule has 0 saturated carbocycles. The minimum Gasteiger partial charge on any atom is -0.305 e. The highest BCUT2D eigenvalue weighted by Crippen LogP contribution is 2.28. The van der Waals surface area contributed by atoms with E-state index in [1.54, 1.807) is 0 Å². The van der Waals surface area contributed by atoms with Gasteiger partial charge in [0.15, 0.2) is 0 Å². The van der Waals surface area contributed by atoms with Gasteiger partial charge < -0.3 is 4.90 Å². The molecule has 0 aliphatic rings. The fraction of sp³-hybridized carbons (Fsp3) is 0.200. The lowest BCUT2D eigenvalue weighted by molar-refractivity contribution is 0.402. The standard InChI is InChI=1S/C15H16ClN/c1-17(2)11-12-8-9-15(16)14(10-12)13-6-4-3-5-7-13/h3-10H,11H2,1-2H3. The van der Waals surface area contributed by atoms with Gasteiger partial charge in [0.1, 0.15) is 0 Å². The molecule has 1 nitrogen and oxygen atoms in total. The van der Waals surface area contributed by atoms with Gasteiger partial charge in [-0.3, -0.25) is 0 Å². The van der Waals surface area contributed by atoms with E-state index in [0.717, 1.165) is 22.7 Å². The average molecular weight is 246 g/mol. The highest BCUT2D eigenvalue weighted by molar-refractivity contribution is 6.33. The molecule has 0 aromatic heterocycles. The molecule has 0 fully saturated rings. The van der Waals surface area contributed by atoms with Gasteiger partial charge in [0.25, 0.3) is 0 Å². The van der Waals surface area contributed by atoms with E-state index in [4.69, 9.17) is 11.6 Å². The lowest BCUT2D eigenvalue weighted by atomic mass is 10.0. The van der Waals surface area contributed by atoms with Crippen LogP contribution in [0, 0.1) is 0 Å². The monoisotopic (exact) mass is 245 g/mol. The second-order valence-electron chi connectivity index (χ2n) is 4.42. The minimum absolute atomic E-state index is 0.804. The van der Waals surface area contributed by atoms with Gasteiger partial charge in [0, 0.05) is 17.1 Å². The van der Waals surface area contributed by atoms with Gasteiger partial charge >= 0.3 is 0 Å². The number of halogens is 1. The van der Waals surface area contributed by atoms with E-state index in [1.807, 2.05) is 24.3 Å². The highest BCUT2D eigenvalue weighted by atomic mass is 35.5. The first-order valence-corrected chi connectivity index (χ1v) is 6.03. The van der Waals surface area contributed by atoms with Crippen LogP contribution in [0.4, 0.5) is 0 Å². The molecule has 0 bridgehead atoms. The van der Waals surface area contributed by atoms with Gasteiger partial charge in [-0.15, -0.1) is 0 Å². The molecular weight excluding hydrogens is 230 g/mol. The molecule has 2 aromatic rings. The molecule has 2 aromatic carbocycles. The van der Waals surface area contributed by atoms with Crippen LogP contribution in [-0.2, 0) is 6.54 Å². The van der Waals surface area contributed by atoms with Crippen molar-refractivity contribution in [2.75, 3.05) is 14.1 Å². The Morgan fingerprint density at radius 1 is 1.00 bits per heavy atom. The van der Waals surface area contributed by atoms with Crippen LogP contribution in [0.3, 0.4) is 0 Å². The van der Waals surface area contributed by atoms with Gasteiger partial charge in [0.05, 0.1) is 0 Å². The predicted molar refractivity (Wildman–Crippen MR) is 74.3 cm³/mol. The topological polar surface area (TPSA) is 3.24 Å². The molecule has 0 saturated heterocycles. The Balaban J connectivity index is 2.40. The van der Waals surface area contributed by atoms with Crippen LogP contribution in [-0.4, -0.2) is 19.0 Å². The first-order chi connectivity index (χ1) is 8.16. The van der Waals surface area contributed by atoms with Crippen molar-refractivity contribution in [1.82, 2.24) is 4.90 Å². The summed E-state index contributed by atoms with van der Waals surface area (Å²) in [7, 11) is 4.13. The normalized spacial score (nSPS) is 10.8. The van der Waals surface area contributed by atoms with Crippen molar-refractivity contribution in [2.24, 2.45) is 0 Å². The van der Waals surface area contributed by atoms with Gasteiger partial charge in [-0.2, -0.15) is 0 Å². The Morgan fingerprint density at radius 2 is 1.71 bits per heavy atom. The van der Waals surface area contributed by atoms with Crippen molar-refractivity contribution in [3.05, 3.63) is 59.1 Å². The van der Waals surface area contributed by atoms with E-state index < -0.39 is 0 Å². The lowest BCUT2D eigenvalue weighted by Crippen LogP contribution is -2.10. The van der Waals surface area contributed by atoms with Gasteiger partial charge in [-0.25, -0.2) is 0 Å². The molecule has 0 aliphatic carbocycles. The molecule has 17 heavy (non-hydrogen) atoms. The largest absolute Gasteiger partial charge is 0.305 e. The van der Waals surface area contributed by atoms with Crippen molar-refractivity contribution in [2.45, 2.75) is 6.54 Å². The molecule has 0 N–H and O–H groups in total. The van der Waals surface area contributed by atoms with Crippen molar-refractivity contribution in [3.63, 3.8) is 0 Å². The Hall–Kier alpha value is -1.31. The predicted octanol–water partition coefficient (Wildman–Crippen LogP) is 4.07. The van der Waals surface area contributed by atoms with Crippen LogP contribution >= 0.6 is 11.6 Å². The summed E-state index contributed by atoms with van der Waals surface area (Å²) < 4.78 is 0. The van der Waals surface area contributed by atoms with E-state index in [9.17, 15) is 0 Å². The average Bonchev–Trinajstić information content (AvgIpc) is 2.32. The third-order valence-corrected chi connectivity index (χ3v) is 2.94. The van der Waals surface area contributed by atoms with Crippen LogP contribution in [0.5, 0.6) is 0 Å². The van der Waals surface area contributed by atoms with Crippen LogP contribution in [0.15, 0.2) is 48.5 Å². The zero-order valence-corrected chi connectivity index (χ0v) is 10.9. The summed E-state index contributed by atoms with van der Waals surface area (Å²) in [4.78, 5) is 2.15. The summed E-state index contributed by atoms with van der Waals surface area (Å²) in [6.07, 6.45) is 0. The summed E-state index contributed by atoms with van der Waals surface area (Å²) in [5.74, 6) is 0. The molecule has 2 rings (SSSR count). The summed E-state index contributed by atoms with van der Waals surface area (Å²) in [5, 5.41) is 0.804. The van der Waals surface area contributed by atoms with E-state index in [0.29, 0.717) is 0 Å². The Bertz CT molecular complexity index is 492. The molecule has 0 radical (unpaired) electrons. The van der Waals surface area contributed by atoms with E-state index in [2.05, 4.69) is 43.3 Å². The van der Waals surface area contributed by atoms with E-state index in [1.165, 1.54) is 5.56 Å². The molecular formula is C15H16ClN. The molecule has 0 amide bonds. The molecule has 88 valence electrons. The van der Waals surface area contributed by atoms with Crippen molar-refractivity contribution >= 4 is 11.6 Å². The zero-order valence-electron chi connectivity index (χ0n) is 10.2. The third-order valence-electron chi connectivity index (χ3n) is 2.61. The van der Waals surface area contributed by atoms with Gasteiger partial charge in [0.2, 0.25) is 0 Å². The fourth-order valence-corrected chi connectivity index (χ4v) is 2.10. The molecule has 0 unspecified atom stereocenters. The Labute approximate surface area is 108 Å². The van der Waals surface area contributed by atoms with E-state index >= 15 is 0 Å².